The van der Waals surface area contributed by atoms with Crippen LogP contribution in [0.15, 0.2) is 24.3 Å². The Kier molecular flexibility index (Phi) is 5.12. The lowest BCUT2D eigenvalue weighted by Crippen LogP contribution is -2.28. The van der Waals surface area contributed by atoms with Crippen molar-refractivity contribution in [3.63, 3.8) is 0 Å². The molecule has 0 heterocycles. The summed E-state index contributed by atoms with van der Waals surface area (Å²) in [6.07, 6.45) is 6.72. The molecular weight excluding hydrogens is 242 g/mol. The molecule has 1 aliphatic rings. The first-order valence-corrected chi connectivity index (χ1v) is 8.32. The molecule has 0 radical (unpaired) electrons. The van der Waals surface area contributed by atoms with Gasteiger partial charge in [0.25, 0.3) is 0 Å². The standard InChI is InChI=1S/C19H31N/c1-5-15-8-12-18(13-9-15)20-14-16-6-10-17(11-7-16)19(2,3)4/h8-9,12-13,16-17,20H,5-7,10-11,14H2,1-4H3. The van der Waals surface area contributed by atoms with Crippen LogP contribution in [0.25, 0.3) is 0 Å². The SMILES string of the molecule is CCc1ccc(NCC2CCC(C(C)(C)C)CC2)cc1. The summed E-state index contributed by atoms with van der Waals surface area (Å²) >= 11 is 0. The Hall–Kier alpha value is -0.980. The normalized spacial score (nSPS) is 23.6. The number of nitrogens with one attached hydrogen (secondary N) is 1. The minimum Gasteiger partial charge on any atom is -0.385 e. The highest BCUT2D eigenvalue weighted by molar-refractivity contribution is 5.44. The van der Waals surface area contributed by atoms with E-state index in [0.717, 1.165) is 24.8 Å². The lowest BCUT2D eigenvalue weighted by Gasteiger charge is -2.37. The van der Waals surface area contributed by atoms with E-state index in [1.54, 1.807) is 0 Å². The minimum absolute atomic E-state index is 0.494. The quantitative estimate of drug-likeness (QED) is 0.762. The molecule has 0 aliphatic heterocycles. The smallest absolute Gasteiger partial charge is 0.0340 e. The topological polar surface area (TPSA) is 12.0 Å². The van der Waals surface area contributed by atoms with Crippen molar-refractivity contribution >= 4 is 5.69 Å². The number of aryl methyl sites for hydroxylation is 1. The van der Waals surface area contributed by atoms with Crippen molar-refractivity contribution < 1.29 is 0 Å². The van der Waals surface area contributed by atoms with Crippen molar-refractivity contribution in [2.45, 2.75) is 59.8 Å². The average molecular weight is 273 g/mol. The summed E-state index contributed by atoms with van der Waals surface area (Å²) in [6.45, 7) is 10.5. The summed E-state index contributed by atoms with van der Waals surface area (Å²) in [4.78, 5) is 0. The molecule has 2 rings (SSSR count). The largest absolute Gasteiger partial charge is 0.385 e. The molecule has 112 valence electrons. The van der Waals surface area contributed by atoms with Crippen molar-refractivity contribution in [1.82, 2.24) is 0 Å². The van der Waals surface area contributed by atoms with Crippen LogP contribution in [0.5, 0.6) is 0 Å². The number of benzene rings is 1. The Morgan fingerprint density at radius 2 is 1.60 bits per heavy atom. The number of hydrogen-bond acceptors (Lipinski definition) is 1. The zero-order chi connectivity index (χ0) is 14.6. The average Bonchev–Trinajstić information content (AvgIpc) is 2.45. The second-order valence-corrected chi connectivity index (χ2v) is 7.52. The molecule has 0 atom stereocenters. The van der Waals surface area contributed by atoms with Crippen LogP contribution in [-0.4, -0.2) is 6.54 Å². The Morgan fingerprint density at radius 1 is 1.00 bits per heavy atom. The van der Waals surface area contributed by atoms with E-state index in [0.29, 0.717) is 5.41 Å². The van der Waals surface area contributed by atoms with Crippen molar-refractivity contribution in [1.29, 1.82) is 0 Å². The monoisotopic (exact) mass is 273 g/mol. The van der Waals surface area contributed by atoms with E-state index in [-0.39, 0.29) is 0 Å². The maximum Gasteiger partial charge on any atom is 0.0340 e. The van der Waals surface area contributed by atoms with Gasteiger partial charge in [-0.2, -0.15) is 0 Å². The first-order valence-electron chi connectivity index (χ1n) is 8.32. The van der Waals surface area contributed by atoms with E-state index in [4.69, 9.17) is 0 Å². The number of anilines is 1. The summed E-state index contributed by atoms with van der Waals surface area (Å²) in [5.41, 5.74) is 3.19. The number of rotatable bonds is 4. The van der Waals surface area contributed by atoms with Gasteiger partial charge >= 0.3 is 0 Å². The first-order chi connectivity index (χ1) is 9.49. The van der Waals surface area contributed by atoms with Gasteiger partial charge in [-0.05, 0) is 67.1 Å². The summed E-state index contributed by atoms with van der Waals surface area (Å²) in [6, 6.07) is 8.91. The molecule has 1 N–H and O–H groups in total. The van der Waals surface area contributed by atoms with Gasteiger partial charge in [0.05, 0.1) is 0 Å². The van der Waals surface area contributed by atoms with Gasteiger partial charge in [-0.1, -0.05) is 39.8 Å². The fourth-order valence-corrected chi connectivity index (χ4v) is 3.35. The Morgan fingerprint density at radius 3 is 2.10 bits per heavy atom. The predicted molar refractivity (Wildman–Crippen MR) is 89.2 cm³/mol. The van der Waals surface area contributed by atoms with Gasteiger partial charge in [-0.15, -0.1) is 0 Å². The highest BCUT2D eigenvalue weighted by atomic mass is 14.9. The molecule has 1 aromatic rings. The van der Waals surface area contributed by atoms with Crippen molar-refractivity contribution in [2.24, 2.45) is 17.3 Å². The summed E-state index contributed by atoms with van der Waals surface area (Å²) in [5, 5.41) is 3.62. The summed E-state index contributed by atoms with van der Waals surface area (Å²) in [7, 11) is 0. The third kappa shape index (κ3) is 4.26. The summed E-state index contributed by atoms with van der Waals surface area (Å²) in [5.74, 6) is 1.78. The molecule has 1 saturated carbocycles. The highest BCUT2D eigenvalue weighted by Crippen LogP contribution is 2.39. The van der Waals surface area contributed by atoms with E-state index in [2.05, 4.69) is 57.3 Å². The molecular formula is C19H31N. The predicted octanol–water partition coefficient (Wildman–Crippen LogP) is 5.51. The van der Waals surface area contributed by atoms with Crippen LogP contribution >= 0.6 is 0 Å². The van der Waals surface area contributed by atoms with Crippen LogP contribution < -0.4 is 5.32 Å². The van der Waals surface area contributed by atoms with Crippen LogP contribution in [0.2, 0.25) is 0 Å². The van der Waals surface area contributed by atoms with E-state index in [9.17, 15) is 0 Å². The molecule has 0 unspecified atom stereocenters. The Balaban J connectivity index is 1.75. The molecule has 0 saturated heterocycles. The second kappa shape index (κ2) is 6.65. The molecule has 1 heteroatoms. The van der Waals surface area contributed by atoms with Crippen LogP contribution in [0.3, 0.4) is 0 Å². The van der Waals surface area contributed by atoms with Gasteiger partial charge in [0.2, 0.25) is 0 Å². The Bertz CT molecular complexity index is 391. The van der Waals surface area contributed by atoms with E-state index >= 15 is 0 Å². The van der Waals surface area contributed by atoms with Gasteiger partial charge < -0.3 is 5.32 Å². The molecule has 20 heavy (non-hydrogen) atoms. The van der Waals surface area contributed by atoms with Gasteiger partial charge in [0.1, 0.15) is 0 Å². The zero-order valence-electron chi connectivity index (χ0n) is 13.7. The van der Waals surface area contributed by atoms with Gasteiger partial charge in [0.15, 0.2) is 0 Å². The van der Waals surface area contributed by atoms with Gasteiger partial charge in [-0.3, -0.25) is 0 Å². The molecule has 0 aromatic heterocycles. The molecule has 1 nitrogen and oxygen atoms in total. The van der Waals surface area contributed by atoms with Crippen LogP contribution in [0, 0.1) is 17.3 Å². The van der Waals surface area contributed by atoms with Crippen molar-refractivity contribution in [3.8, 4) is 0 Å². The molecule has 1 aromatic carbocycles. The van der Waals surface area contributed by atoms with Crippen LogP contribution in [0.1, 0.15) is 58.9 Å². The lowest BCUT2D eigenvalue weighted by molar-refractivity contribution is 0.153. The molecule has 1 fully saturated rings. The van der Waals surface area contributed by atoms with Crippen LogP contribution in [0.4, 0.5) is 5.69 Å². The second-order valence-electron chi connectivity index (χ2n) is 7.52. The number of hydrogen-bond donors (Lipinski definition) is 1. The first kappa shape index (κ1) is 15.4. The maximum absolute atomic E-state index is 3.62. The van der Waals surface area contributed by atoms with Crippen molar-refractivity contribution in [2.75, 3.05) is 11.9 Å². The van der Waals surface area contributed by atoms with E-state index < -0.39 is 0 Å². The van der Waals surface area contributed by atoms with Gasteiger partial charge in [0, 0.05) is 12.2 Å². The third-order valence-corrected chi connectivity index (χ3v) is 5.03. The van der Waals surface area contributed by atoms with E-state index in [1.165, 1.54) is 36.9 Å². The molecule has 0 bridgehead atoms. The van der Waals surface area contributed by atoms with Gasteiger partial charge in [-0.25, -0.2) is 0 Å². The maximum atomic E-state index is 3.62. The third-order valence-electron chi connectivity index (χ3n) is 5.03. The van der Waals surface area contributed by atoms with Crippen molar-refractivity contribution in [3.05, 3.63) is 29.8 Å². The fourth-order valence-electron chi connectivity index (χ4n) is 3.35. The molecule has 0 amide bonds. The Labute approximate surface area is 125 Å². The highest BCUT2D eigenvalue weighted by Gasteiger charge is 2.29. The van der Waals surface area contributed by atoms with Crippen LogP contribution in [-0.2, 0) is 6.42 Å². The van der Waals surface area contributed by atoms with E-state index in [1.807, 2.05) is 0 Å². The lowest BCUT2D eigenvalue weighted by atomic mass is 9.70. The summed E-state index contributed by atoms with van der Waals surface area (Å²) < 4.78 is 0. The molecule has 1 aliphatic carbocycles. The minimum atomic E-state index is 0.494. The molecule has 0 spiro atoms. The fraction of sp³-hybridized carbons (Fsp3) is 0.684. The zero-order valence-corrected chi connectivity index (χ0v) is 13.7.